The highest BCUT2D eigenvalue weighted by Gasteiger charge is 2.48. The Kier molecular flexibility index (Phi) is 4.02. The highest BCUT2D eigenvalue weighted by atomic mass is 16.2. The predicted octanol–water partition coefficient (Wildman–Crippen LogP) is 3.57. The molecule has 5 heteroatoms. The van der Waals surface area contributed by atoms with Crippen molar-refractivity contribution in [3.8, 4) is 0 Å². The van der Waals surface area contributed by atoms with E-state index in [4.69, 9.17) is 0 Å². The number of fused-ring (bicyclic) bond motifs is 4. The van der Waals surface area contributed by atoms with E-state index in [2.05, 4.69) is 48.3 Å². The van der Waals surface area contributed by atoms with Gasteiger partial charge in [-0.2, -0.15) is 0 Å². The van der Waals surface area contributed by atoms with Crippen molar-refractivity contribution in [1.29, 1.82) is 0 Å². The highest BCUT2D eigenvalue weighted by Crippen LogP contribution is 2.42. The van der Waals surface area contributed by atoms with Crippen LogP contribution in [-0.4, -0.2) is 45.2 Å². The molecule has 148 valence electrons. The summed E-state index contributed by atoms with van der Waals surface area (Å²) in [6.07, 6.45) is 0.551. The molecule has 2 aliphatic heterocycles. The van der Waals surface area contributed by atoms with E-state index in [-0.39, 0.29) is 30.4 Å². The summed E-state index contributed by atoms with van der Waals surface area (Å²) in [7, 11) is 0. The summed E-state index contributed by atoms with van der Waals surface area (Å²) in [6.45, 7) is 6.14. The number of nitrogens with zero attached hydrogens (tertiary/aromatic N) is 2. The first-order valence-corrected chi connectivity index (χ1v) is 10.2. The molecule has 1 N–H and O–H groups in total. The van der Waals surface area contributed by atoms with Crippen LogP contribution in [0.5, 0.6) is 0 Å². The molecule has 1 saturated heterocycles. The molecule has 3 aromatic rings. The zero-order valence-corrected chi connectivity index (χ0v) is 17.0. The highest BCUT2D eigenvalue weighted by molar-refractivity contribution is 5.97. The van der Waals surface area contributed by atoms with Crippen LogP contribution in [0.25, 0.3) is 10.9 Å². The lowest BCUT2D eigenvalue weighted by Crippen LogP contribution is -2.64. The second-order valence-corrected chi connectivity index (χ2v) is 8.46. The van der Waals surface area contributed by atoms with Crippen molar-refractivity contribution in [1.82, 2.24) is 14.8 Å². The van der Waals surface area contributed by atoms with E-state index in [1.54, 1.807) is 4.90 Å². The minimum atomic E-state index is -0.461. The average molecular weight is 387 g/mol. The quantitative estimate of drug-likeness (QED) is 0.731. The number of aryl methyl sites for hydroxylation is 1. The van der Waals surface area contributed by atoms with Gasteiger partial charge in [0.05, 0.1) is 6.04 Å². The zero-order chi connectivity index (χ0) is 20.3. The standard InChI is InChI=1S/C24H25N3O2/c1-14(2)26-13-21(28)27-20(24(26)29)12-18-17-6-4-5-7-19(17)25-22(18)23(27)16-10-8-15(3)9-11-16/h4-11,14,20,23,25H,12-13H2,1-3H3. The maximum atomic E-state index is 13.4. The molecule has 0 spiro atoms. The van der Waals surface area contributed by atoms with Crippen molar-refractivity contribution in [2.45, 2.75) is 45.3 Å². The third-order valence-electron chi connectivity index (χ3n) is 6.31. The number of benzene rings is 2. The number of aromatic amines is 1. The van der Waals surface area contributed by atoms with Crippen LogP contribution in [0.15, 0.2) is 48.5 Å². The normalized spacial score (nSPS) is 21.7. The summed E-state index contributed by atoms with van der Waals surface area (Å²) < 4.78 is 0. The fraction of sp³-hybridized carbons (Fsp3) is 0.333. The van der Waals surface area contributed by atoms with Gasteiger partial charge in [-0.15, -0.1) is 0 Å². The molecule has 29 heavy (non-hydrogen) atoms. The first kappa shape index (κ1) is 18.0. The lowest BCUT2D eigenvalue weighted by Gasteiger charge is -2.48. The van der Waals surface area contributed by atoms with Crippen LogP contribution in [0, 0.1) is 6.92 Å². The monoisotopic (exact) mass is 387 g/mol. The van der Waals surface area contributed by atoms with E-state index in [0.29, 0.717) is 6.42 Å². The number of para-hydroxylation sites is 1. The summed E-state index contributed by atoms with van der Waals surface area (Å²) in [5, 5.41) is 1.14. The molecule has 5 nitrogen and oxygen atoms in total. The fourth-order valence-corrected chi connectivity index (χ4v) is 4.82. The summed E-state index contributed by atoms with van der Waals surface area (Å²) in [5.41, 5.74) is 5.44. The van der Waals surface area contributed by atoms with Gasteiger partial charge >= 0.3 is 0 Å². The van der Waals surface area contributed by atoms with E-state index in [0.717, 1.165) is 27.7 Å². The van der Waals surface area contributed by atoms with Crippen molar-refractivity contribution < 1.29 is 9.59 Å². The van der Waals surface area contributed by atoms with Crippen molar-refractivity contribution in [3.05, 3.63) is 70.9 Å². The maximum Gasteiger partial charge on any atom is 0.246 e. The molecular weight excluding hydrogens is 362 g/mol. The molecule has 5 rings (SSSR count). The van der Waals surface area contributed by atoms with Gasteiger partial charge in [-0.25, -0.2) is 0 Å². The number of hydrogen-bond donors (Lipinski definition) is 1. The van der Waals surface area contributed by atoms with Gasteiger partial charge in [-0.05, 0) is 38.0 Å². The Morgan fingerprint density at radius 1 is 1.03 bits per heavy atom. The van der Waals surface area contributed by atoms with Crippen LogP contribution >= 0.6 is 0 Å². The molecule has 0 bridgehead atoms. The van der Waals surface area contributed by atoms with Crippen LogP contribution < -0.4 is 0 Å². The van der Waals surface area contributed by atoms with Gasteiger partial charge in [0, 0.05) is 29.1 Å². The molecule has 2 atom stereocenters. The number of rotatable bonds is 2. The van der Waals surface area contributed by atoms with Crippen LogP contribution in [-0.2, 0) is 16.0 Å². The van der Waals surface area contributed by atoms with Crippen molar-refractivity contribution in [2.75, 3.05) is 6.54 Å². The van der Waals surface area contributed by atoms with E-state index in [1.165, 1.54) is 5.56 Å². The molecule has 0 aliphatic carbocycles. The minimum Gasteiger partial charge on any atom is -0.356 e. The second-order valence-electron chi connectivity index (χ2n) is 8.46. The number of nitrogens with one attached hydrogen (secondary N) is 1. The van der Waals surface area contributed by atoms with Gasteiger partial charge in [0.1, 0.15) is 12.6 Å². The second kappa shape index (κ2) is 6.48. The molecule has 3 heterocycles. The SMILES string of the molecule is Cc1ccc(C2c3[nH]c4ccccc4c3CC3C(=O)N(C(C)C)CC(=O)N32)cc1. The fourth-order valence-electron chi connectivity index (χ4n) is 4.82. The van der Waals surface area contributed by atoms with E-state index in [1.807, 2.05) is 30.9 Å². The number of carbonyl (C=O) groups excluding carboxylic acids is 2. The average Bonchev–Trinajstić information content (AvgIpc) is 3.08. The Morgan fingerprint density at radius 2 is 1.76 bits per heavy atom. The van der Waals surface area contributed by atoms with Crippen molar-refractivity contribution >= 4 is 22.7 Å². The number of amides is 2. The topological polar surface area (TPSA) is 56.4 Å². The number of carbonyl (C=O) groups is 2. The summed E-state index contributed by atoms with van der Waals surface area (Å²) in [5.74, 6) is 0.0609. The first-order chi connectivity index (χ1) is 14.0. The predicted molar refractivity (Wildman–Crippen MR) is 113 cm³/mol. The lowest BCUT2D eigenvalue weighted by atomic mass is 9.86. The Bertz CT molecular complexity index is 1110. The Morgan fingerprint density at radius 3 is 2.48 bits per heavy atom. The largest absolute Gasteiger partial charge is 0.356 e. The molecule has 1 fully saturated rings. The third-order valence-corrected chi connectivity index (χ3v) is 6.31. The Balaban J connectivity index is 1.72. The molecule has 1 aromatic heterocycles. The van der Waals surface area contributed by atoms with Gasteiger partial charge in [0.25, 0.3) is 0 Å². The number of H-pyrrole nitrogens is 1. The number of aromatic nitrogens is 1. The smallest absolute Gasteiger partial charge is 0.246 e. The summed E-state index contributed by atoms with van der Waals surface area (Å²) >= 11 is 0. The van der Waals surface area contributed by atoms with Crippen LogP contribution in [0.2, 0.25) is 0 Å². The molecule has 2 aromatic carbocycles. The Labute approximate surface area is 170 Å². The minimum absolute atomic E-state index is 0.00999. The molecule has 2 unspecified atom stereocenters. The van der Waals surface area contributed by atoms with Gasteiger partial charge in [0.2, 0.25) is 11.8 Å². The number of piperazine rings is 1. The maximum absolute atomic E-state index is 13.4. The van der Waals surface area contributed by atoms with Gasteiger partial charge in [-0.3, -0.25) is 9.59 Å². The van der Waals surface area contributed by atoms with Gasteiger partial charge < -0.3 is 14.8 Å². The summed E-state index contributed by atoms with van der Waals surface area (Å²) in [6, 6.07) is 15.7. The van der Waals surface area contributed by atoms with E-state index in [9.17, 15) is 9.59 Å². The molecular formula is C24H25N3O2. The van der Waals surface area contributed by atoms with E-state index < -0.39 is 6.04 Å². The van der Waals surface area contributed by atoms with Crippen molar-refractivity contribution in [2.24, 2.45) is 0 Å². The van der Waals surface area contributed by atoms with Crippen LogP contribution in [0.1, 0.15) is 42.3 Å². The molecule has 2 aliphatic rings. The number of hydrogen-bond acceptors (Lipinski definition) is 2. The van der Waals surface area contributed by atoms with E-state index >= 15 is 0 Å². The third kappa shape index (κ3) is 2.68. The zero-order valence-electron chi connectivity index (χ0n) is 17.0. The van der Waals surface area contributed by atoms with Gasteiger partial charge in [0.15, 0.2) is 0 Å². The van der Waals surface area contributed by atoms with Crippen LogP contribution in [0.3, 0.4) is 0 Å². The molecule has 0 radical (unpaired) electrons. The van der Waals surface area contributed by atoms with Crippen molar-refractivity contribution in [3.63, 3.8) is 0 Å². The Hall–Kier alpha value is -3.08. The van der Waals surface area contributed by atoms with Crippen LogP contribution in [0.4, 0.5) is 0 Å². The first-order valence-electron chi connectivity index (χ1n) is 10.2. The van der Waals surface area contributed by atoms with Gasteiger partial charge in [-0.1, -0.05) is 48.0 Å². The summed E-state index contributed by atoms with van der Waals surface area (Å²) in [4.78, 5) is 33.8. The molecule has 2 amide bonds. The lowest BCUT2D eigenvalue weighted by molar-refractivity contribution is -0.160. The molecule has 0 saturated carbocycles.